The molecule has 0 saturated heterocycles. The van der Waals surface area contributed by atoms with Gasteiger partial charge in [-0.3, -0.25) is 9.59 Å². The highest BCUT2D eigenvalue weighted by Gasteiger charge is 2.25. The van der Waals surface area contributed by atoms with Gasteiger partial charge in [0.1, 0.15) is 5.75 Å². The molecule has 17 heavy (non-hydrogen) atoms. The van der Waals surface area contributed by atoms with Gasteiger partial charge in [0, 0.05) is 5.56 Å². The average Bonchev–Trinajstić information content (AvgIpc) is 2.29. The van der Waals surface area contributed by atoms with Gasteiger partial charge in [-0.2, -0.15) is 0 Å². The van der Waals surface area contributed by atoms with Gasteiger partial charge in [-0.05, 0) is 25.1 Å². The van der Waals surface area contributed by atoms with Crippen LogP contribution in [0, 0.1) is 0 Å². The van der Waals surface area contributed by atoms with Gasteiger partial charge in [0.15, 0.2) is 6.10 Å². The van der Waals surface area contributed by atoms with Gasteiger partial charge in [-0.25, -0.2) is 4.79 Å². The molecule has 2 N–H and O–H groups in total. The van der Waals surface area contributed by atoms with Crippen LogP contribution in [0.5, 0.6) is 5.75 Å². The second kappa shape index (κ2) is 3.89. The Morgan fingerprint density at radius 3 is 2.76 bits per heavy atom. The van der Waals surface area contributed by atoms with Crippen LogP contribution in [-0.4, -0.2) is 28.9 Å². The fraction of sp³-hybridized carbons (Fsp3) is 0.182. The van der Waals surface area contributed by atoms with Gasteiger partial charge in [-0.1, -0.05) is 0 Å². The summed E-state index contributed by atoms with van der Waals surface area (Å²) < 4.78 is 5.27. The fourth-order valence-electron chi connectivity index (χ4n) is 1.47. The number of carbonyl (C=O) groups excluding carboxylic acids is 2. The maximum atomic E-state index is 11.3. The van der Waals surface area contributed by atoms with Crippen LogP contribution in [0.1, 0.15) is 17.3 Å². The summed E-state index contributed by atoms with van der Waals surface area (Å²) in [6.45, 7) is 1.59. The van der Waals surface area contributed by atoms with Crippen LogP contribution in [0.25, 0.3) is 0 Å². The van der Waals surface area contributed by atoms with Crippen molar-refractivity contribution in [3.05, 3.63) is 23.8 Å². The molecule has 1 aliphatic heterocycles. The van der Waals surface area contributed by atoms with Crippen molar-refractivity contribution in [3.8, 4) is 5.75 Å². The first-order valence-corrected chi connectivity index (χ1v) is 4.88. The standard InChI is InChI=1S/C11H9NO5/c1-5-10(14)12-7-4-6(9(13)11(15)16)2-3-8(7)17-5/h2-5H,1H3,(H,12,14)(H,15,16). The van der Waals surface area contributed by atoms with Crippen molar-refractivity contribution in [1.29, 1.82) is 0 Å². The molecule has 6 heteroatoms. The normalized spacial score (nSPS) is 17.7. The van der Waals surface area contributed by atoms with E-state index in [1.165, 1.54) is 18.2 Å². The Hall–Kier alpha value is -2.37. The Kier molecular flexibility index (Phi) is 2.55. The molecule has 0 aliphatic carbocycles. The van der Waals surface area contributed by atoms with Gasteiger partial charge >= 0.3 is 5.97 Å². The number of aliphatic carboxylic acids is 1. The van der Waals surface area contributed by atoms with E-state index in [2.05, 4.69) is 5.32 Å². The summed E-state index contributed by atoms with van der Waals surface area (Å²) in [6.07, 6.45) is -0.608. The van der Waals surface area contributed by atoms with E-state index in [9.17, 15) is 14.4 Å². The van der Waals surface area contributed by atoms with Crippen molar-refractivity contribution < 1.29 is 24.2 Å². The summed E-state index contributed by atoms with van der Waals surface area (Å²) in [4.78, 5) is 33.1. The minimum atomic E-state index is -1.54. The molecular weight excluding hydrogens is 226 g/mol. The third-order valence-electron chi connectivity index (χ3n) is 2.37. The number of amides is 1. The molecule has 0 aromatic heterocycles. The molecule has 1 heterocycles. The quantitative estimate of drug-likeness (QED) is 0.580. The number of carboxylic acids is 1. The molecule has 1 aliphatic rings. The molecule has 1 amide bonds. The highest BCUT2D eigenvalue weighted by Crippen LogP contribution is 2.30. The molecule has 0 spiro atoms. The first-order chi connectivity index (χ1) is 7.99. The number of fused-ring (bicyclic) bond motifs is 1. The molecule has 1 unspecified atom stereocenters. The number of carboxylic acid groups (broad SMARTS) is 1. The highest BCUT2D eigenvalue weighted by molar-refractivity contribution is 6.40. The van der Waals surface area contributed by atoms with E-state index in [0.717, 1.165) is 0 Å². The van der Waals surface area contributed by atoms with Crippen molar-refractivity contribution in [1.82, 2.24) is 0 Å². The molecule has 0 fully saturated rings. The number of rotatable bonds is 2. The van der Waals surface area contributed by atoms with E-state index in [4.69, 9.17) is 9.84 Å². The SMILES string of the molecule is CC1Oc2ccc(C(=O)C(=O)O)cc2NC1=O. The number of ether oxygens (including phenoxy) is 1. The summed E-state index contributed by atoms with van der Waals surface area (Å²) in [5, 5.41) is 11.1. The predicted molar refractivity (Wildman–Crippen MR) is 57.1 cm³/mol. The zero-order chi connectivity index (χ0) is 12.6. The van der Waals surface area contributed by atoms with Crippen LogP contribution in [0.3, 0.4) is 0 Å². The largest absolute Gasteiger partial charge is 0.479 e. The minimum Gasteiger partial charge on any atom is -0.479 e. The second-order valence-electron chi connectivity index (χ2n) is 3.59. The zero-order valence-corrected chi connectivity index (χ0v) is 8.89. The first-order valence-electron chi connectivity index (χ1n) is 4.88. The van der Waals surface area contributed by atoms with Gasteiger partial charge in [0.25, 0.3) is 11.7 Å². The number of hydrogen-bond acceptors (Lipinski definition) is 4. The van der Waals surface area contributed by atoms with E-state index < -0.39 is 17.9 Å². The van der Waals surface area contributed by atoms with E-state index in [1.54, 1.807) is 6.92 Å². The van der Waals surface area contributed by atoms with Crippen molar-refractivity contribution in [2.24, 2.45) is 0 Å². The van der Waals surface area contributed by atoms with E-state index in [-0.39, 0.29) is 11.5 Å². The van der Waals surface area contributed by atoms with Gasteiger partial charge < -0.3 is 15.2 Å². The van der Waals surface area contributed by atoms with Crippen molar-refractivity contribution in [2.75, 3.05) is 5.32 Å². The fourth-order valence-corrected chi connectivity index (χ4v) is 1.47. The van der Waals surface area contributed by atoms with Crippen molar-refractivity contribution >= 4 is 23.3 Å². The third kappa shape index (κ3) is 1.96. The van der Waals surface area contributed by atoms with Crippen LogP contribution in [0.2, 0.25) is 0 Å². The van der Waals surface area contributed by atoms with Gasteiger partial charge in [0.05, 0.1) is 5.69 Å². The first kappa shape index (κ1) is 11.1. The van der Waals surface area contributed by atoms with Gasteiger partial charge in [-0.15, -0.1) is 0 Å². The Morgan fingerprint density at radius 2 is 2.12 bits per heavy atom. The number of Topliss-reactive ketones (excluding diaryl/α,β-unsaturated/α-hetero) is 1. The maximum Gasteiger partial charge on any atom is 0.377 e. The summed E-state index contributed by atoms with van der Waals surface area (Å²) in [7, 11) is 0. The number of benzene rings is 1. The highest BCUT2D eigenvalue weighted by atomic mass is 16.5. The Bertz CT molecular complexity index is 523. The van der Waals surface area contributed by atoms with Crippen molar-refractivity contribution in [3.63, 3.8) is 0 Å². The number of hydrogen-bond donors (Lipinski definition) is 2. The van der Waals surface area contributed by atoms with E-state index in [1.807, 2.05) is 0 Å². The lowest BCUT2D eigenvalue weighted by Gasteiger charge is -2.23. The minimum absolute atomic E-state index is 0.00490. The Balaban J connectivity index is 2.38. The summed E-state index contributed by atoms with van der Waals surface area (Å²) in [6, 6.07) is 4.09. The number of carbonyl (C=O) groups is 3. The molecule has 2 rings (SSSR count). The topological polar surface area (TPSA) is 92.7 Å². The van der Waals surface area contributed by atoms with E-state index in [0.29, 0.717) is 11.4 Å². The Morgan fingerprint density at radius 1 is 1.41 bits per heavy atom. The number of anilines is 1. The third-order valence-corrected chi connectivity index (χ3v) is 2.37. The molecule has 88 valence electrons. The maximum absolute atomic E-state index is 11.3. The summed E-state index contributed by atoms with van der Waals surface area (Å²) >= 11 is 0. The molecule has 1 aromatic carbocycles. The molecule has 6 nitrogen and oxygen atoms in total. The van der Waals surface area contributed by atoms with Crippen LogP contribution in [-0.2, 0) is 9.59 Å². The molecule has 1 atom stereocenters. The molecule has 1 aromatic rings. The average molecular weight is 235 g/mol. The number of ketones is 1. The summed E-state index contributed by atoms with van der Waals surface area (Å²) in [5.41, 5.74) is 0.301. The van der Waals surface area contributed by atoms with Crippen LogP contribution < -0.4 is 10.1 Å². The molecule has 0 bridgehead atoms. The smallest absolute Gasteiger partial charge is 0.377 e. The number of nitrogens with one attached hydrogen (secondary N) is 1. The lowest BCUT2D eigenvalue weighted by Crippen LogP contribution is -2.34. The summed E-state index contributed by atoms with van der Waals surface area (Å²) in [5.74, 6) is -2.49. The lowest BCUT2D eigenvalue weighted by atomic mass is 10.1. The van der Waals surface area contributed by atoms with Crippen molar-refractivity contribution in [2.45, 2.75) is 13.0 Å². The van der Waals surface area contributed by atoms with Crippen LogP contribution in [0.15, 0.2) is 18.2 Å². The molecule has 0 radical (unpaired) electrons. The second-order valence-corrected chi connectivity index (χ2v) is 3.59. The molecule has 0 saturated carbocycles. The van der Waals surface area contributed by atoms with Gasteiger partial charge in [0.2, 0.25) is 0 Å². The van der Waals surface area contributed by atoms with Crippen LogP contribution in [0.4, 0.5) is 5.69 Å². The monoisotopic (exact) mass is 235 g/mol. The van der Waals surface area contributed by atoms with Crippen LogP contribution >= 0.6 is 0 Å². The Labute approximate surface area is 96.2 Å². The zero-order valence-electron chi connectivity index (χ0n) is 8.89. The van der Waals surface area contributed by atoms with E-state index >= 15 is 0 Å². The lowest BCUT2D eigenvalue weighted by molar-refractivity contribution is -0.131. The predicted octanol–water partition coefficient (Wildman–Crippen LogP) is 0.673. The molecular formula is C11H9NO5.